The predicted octanol–water partition coefficient (Wildman–Crippen LogP) is 5.16. The fourth-order valence-corrected chi connectivity index (χ4v) is 7.36. The second kappa shape index (κ2) is 20.3. The van der Waals surface area contributed by atoms with Gasteiger partial charge in [-0.1, -0.05) is 89.9 Å². The van der Waals surface area contributed by atoms with Crippen LogP contribution in [0.25, 0.3) is 0 Å². The van der Waals surface area contributed by atoms with Crippen LogP contribution in [0.5, 0.6) is 0 Å². The topological polar surface area (TPSA) is 167 Å². The maximum Gasteiger partial charge on any atom is 0.271 e. The molecule has 4 N–H and O–H groups in total. The van der Waals surface area contributed by atoms with Crippen LogP contribution in [0.15, 0.2) is 35.7 Å². The molecule has 3 amide bonds. The highest BCUT2D eigenvalue weighted by molar-refractivity contribution is 7.09. The molecule has 3 aromatic rings. The monoisotopic (exact) mass is 723 g/mol. The SMILES string of the molecule is CCCO[C@H](C[C@H](C(C)C)N(CCC)C(=O)[C@@H](NC(=O)[C@H]1CCCCN1)[C@@H](C)CC)c1nc(C(=O)N[C@@H](Cc2ccccc2)c2nn[nH]n2)cs1. The number of thiazole rings is 1. The summed E-state index contributed by atoms with van der Waals surface area (Å²) in [5.74, 6) is -0.0719. The average molecular weight is 724 g/mol. The minimum atomic E-state index is -0.632. The molecule has 3 heterocycles. The van der Waals surface area contributed by atoms with E-state index in [1.54, 1.807) is 5.38 Å². The van der Waals surface area contributed by atoms with Gasteiger partial charge in [0.05, 0.1) is 12.1 Å². The number of ether oxygens (including phenoxy) is 1. The summed E-state index contributed by atoms with van der Waals surface area (Å²) in [6.45, 7) is 14.3. The molecule has 51 heavy (non-hydrogen) atoms. The van der Waals surface area contributed by atoms with Crippen molar-refractivity contribution in [1.29, 1.82) is 0 Å². The number of rotatable bonds is 20. The number of tetrazole rings is 1. The Balaban J connectivity index is 1.55. The zero-order valence-electron chi connectivity index (χ0n) is 31.1. The largest absolute Gasteiger partial charge is 0.371 e. The van der Waals surface area contributed by atoms with Crippen LogP contribution in [0.2, 0.25) is 0 Å². The molecule has 1 saturated heterocycles. The van der Waals surface area contributed by atoms with Crippen molar-refractivity contribution in [2.75, 3.05) is 19.7 Å². The van der Waals surface area contributed by atoms with E-state index in [9.17, 15) is 14.4 Å². The van der Waals surface area contributed by atoms with Crippen molar-refractivity contribution < 1.29 is 19.1 Å². The van der Waals surface area contributed by atoms with E-state index in [0.717, 1.165) is 50.6 Å². The summed E-state index contributed by atoms with van der Waals surface area (Å²) in [7, 11) is 0. The second-order valence-corrected chi connectivity index (χ2v) is 14.8. The first-order valence-corrected chi connectivity index (χ1v) is 19.5. The highest BCUT2D eigenvalue weighted by Crippen LogP contribution is 2.32. The van der Waals surface area contributed by atoms with E-state index >= 15 is 0 Å². The Morgan fingerprint density at radius 1 is 1.06 bits per heavy atom. The molecule has 1 aliphatic rings. The number of H-pyrrole nitrogens is 1. The van der Waals surface area contributed by atoms with E-state index in [1.807, 2.05) is 42.2 Å². The van der Waals surface area contributed by atoms with E-state index in [-0.39, 0.29) is 47.3 Å². The minimum Gasteiger partial charge on any atom is -0.371 e. The average Bonchev–Trinajstić information content (AvgIpc) is 3.87. The van der Waals surface area contributed by atoms with Gasteiger partial charge in [0.1, 0.15) is 22.8 Å². The molecular weight excluding hydrogens is 667 g/mol. The van der Waals surface area contributed by atoms with Gasteiger partial charge in [0.25, 0.3) is 5.91 Å². The quantitative estimate of drug-likeness (QED) is 0.123. The standard InChI is InChI=1S/C37H57N9O4S/c1-7-19-46(37(49)32(25(6)9-3)41-34(47)27-17-13-14-18-38-27)30(24(4)5)22-31(50-20-8-2)36-40-29(23-51-36)35(48)39-28(33-42-44-45-43-33)21-26-15-11-10-12-16-26/h10-12,15-16,23-25,27-28,30-32,38H,7-9,13-14,17-22H2,1-6H3,(H,39,48)(H,41,47)(H,42,43,44,45)/t25-,27+,28-,30+,31+,32-/m0/s1. The van der Waals surface area contributed by atoms with Crippen LogP contribution < -0.4 is 16.0 Å². The third-order valence-corrected chi connectivity index (χ3v) is 10.5. The van der Waals surface area contributed by atoms with Gasteiger partial charge in [-0.25, -0.2) is 4.98 Å². The number of hydrogen-bond acceptors (Lipinski definition) is 10. The van der Waals surface area contributed by atoms with Crippen molar-refractivity contribution in [2.24, 2.45) is 11.8 Å². The number of nitrogens with zero attached hydrogens (tertiary/aromatic N) is 5. The van der Waals surface area contributed by atoms with Gasteiger partial charge in [-0.3, -0.25) is 14.4 Å². The second-order valence-electron chi connectivity index (χ2n) is 13.9. The maximum atomic E-state index is 14.5. The Bertz CT molecular complexity index is 1480. The van der Waals surface area contributed by atoms with Gasteiger partial charge in [-0.2, -0.15) is 5.21 Å². The molecule has 14 heteroatoms. The summed E-state index contributed by atoms with van der Waals surface area (Å²) < 4.78 is 6.42. The lowest BCUT2D eigenvalue weighted by Crippen LogP contribution is -2.58. The van der Waals surface area contributed by atoms with Crippen molar-refractivity contribution in [1.82, 2.24) is 46.5 Å². The van der Waals surface area contributed by atoms with Gasteiger partial charge in [-0.15, -0.1) is 21.5 Å². The number of benzene rings is 1. The molecule has 0 radical (unpaired) electrons. The molecule has 0 aliphatic carbocycles. The Morgan fingerprint density at radius 2 is 1.84 bits per heavy atom. The molecule has 6 atom stereocenters. The number of carbonyl (C=O) groups excluding carboxylic acids is 3. The van der Waals surface area contributed by atoms with Crippen molar-refractivity contribution >= 4 is 29.1 Å². The highest BCUT2D eigenvalue weighted by Gasteiger charge is 2.37. The number of nitrogens with one attached hydrogen (secondary N) is 4. The lowest BCUT2D eigenvalue weighted by Gasteiger charge is -2.39. The number of carbonyl (C=O) groups is 3. The van der Waals surface area contributed by atoms with Crippen LogP contribution in [0.1, 0.15) is 126 Å². The normalized spacial score (nSPS) is 17.7. The first-order valence-electron chi connectivity index (χ1n) is 18.7. The first kappa shape index (κ1) is 40.0. The summed E-state index contributed by atoms with van der Waals surface area (Å²) in [6.07, 6.45) is 5.71. The summed E-state index contributed by atoms with van der Waals surface area (Å²) in [6, 6.07) is 8.20. The zero-order chi connectivity index (χ0) is 36.8. The number of amides is 3. The molecule has 1 aliphatic heterocycles. The molecule has 1 fully saturated rings. The van der Waals surface area contributed by atoms with Gasteiger partial charge in [0, 0.05) is 37.4 Å². The summed E-state index contributed by atoms with van der Waals surface area (Å²) in [4.78, 5) is 48.2. The van der Waals surface area contributed by atoms with E-state index in [0.29, 0.717) is 36.8 Å². The Labute approximate surface area is 306 Å². The number of hydrogen-bond donors (Lipinski definition) is 4. The molecular formula is C37H57N9O4S. The van der Waals surface area contributed by atoms with Gasteiger partial charge >= 0.3 is 0 Å². The number of piperidine rings is 1. The van der Waals surface area contributed by atoms with Crippen LogP contribution in [-0.2, 0) is 20.7 Å². The molecule has 4 rings (SSSR count). The molecule has 1 aromatic carbocycles. The Hall–Kier alpha value is -3.75. The lowest BCUT2D eigenvalue weighted by molar-refractivity contribution is -0.142. The van der Waals surface area contributed by atoms with Gasteiger partial charge in [0.2, 0.25) is 11.8 Å². The number of aromatic amines is 1. The van der Waals surface area contributed by atoms with Crippen molar-refractivity contribution in [3.8, 4) is 0 Å². The Morgan fingerprint density at radius 3 is 2.47 bits per heavy atom. The lowest BCUT2D eigenvalue weighted by atomic mass is 9.92. The third kappa shape index (κ3) is 11.4. The zero-order valence-corrected chi connectivity index (χ0v) is 31.9. The fraction of sp³-hybridized carbons (Fsp3) is 0.649. The van der Waals surface area contributed by atoms with Crippen molar-refractivity contribution in [2.45, 2.75) is 123 Å². The van der Waals surface area contributed by atoms with E-state index in [4.69, 9.17) is 9.72 Å². The first-order chi connectivity index (χ1) is 24.7. The van der Waals surface area contributed by atoms with E-state index < -0.39 is 18.2 Å². The maximum absolute atomic E-state index is 14.5. The third-order valence-electron chi connectivity index (χ3n) is 9.59. The van der Waals surface area contributed by atoms with Crippen LogP contribution >= 0.6 is 11.3 Å². The smallest absolute Gasteiger partial charge is 0.271 e. The van der Waals surface area contributed by atoms with Crippen molar-refractivity contribution in [3.05, 3.63) is 57.8 Å². The summed E-state index contributed by atoms with van der Waals surface area (Å²) in [5, 5.41) is 26.4. The van der Waals surface area contributed by atoms with Gasteiger partial charge < -0.3 is 25.6 Å². The van der Waals surface area contributed by atoms with Gasteiger partial charge in [-0.05, 0) is 49.6 Å². The molecule has 0 spiro atoms. The van der Waals surface area contributed by atoms with Gasteiger partial charge in [0.15, 0.2) is 5.82 Å². The minimum absolute atomic E-state index is 0.0393. The van der Waals surface area contributed by atoms with E-state index in [2.05, 4.69) is 71.2 Å². The van der Waals surface area contributed by atoms with Crippen LogP contribution in [0, 0.1) is 11.8 Å². The highest BCUT2D eigenvalue weighted by atomic mass is 32.1. The predicted molar refractivity (Wildman–Crippen MR) is 198 cm³/mol. The summed E-state index contributed by atoms with van der Waals surface area (Å²) >= 11 is 1.38. The number of aromatic nitrogens is 5. The molecule has 2 aromatic heterocycles. The molecule has 13 nitrogen and oxygen atoms in total. The molecule has 0 saturated carbocycles. The summed E-state index contributed by atoms with van der Waals surface area (Å²) in [5.41, 5.74) is 1.30. The van der Waals surface area contributed by atoms with Crippen LogP contribution in [-0.4, -0.2) is 86.1 Å². The van der Waals surface area contributed by atoms with Crippen molar-refractivity contribution in [3.63, 3.8) is 0 Å². The fourth-order valence-electron chi connectivity index (χ4n) is 6.50. The van der Waals surface area contributed by atoms with Crippen LogP contribution in [0.4, 0.5) is 0 Å². The molecule has 0 unspecified atom stereocenters. The van der Waals surface area contributed by atoms with E-state index in [1.165, 1.54) is 11.3 Å². The molecule has 0 bridgehead atoms. The Kier molecular flexibility index (Phi) is 16.0. The molecule has 280 valence electrons. The van der Waals surface area contributed by atoms with Crippen LogP contribution in [0.3, 0.4) is 0 Å².